The summed E-state index contributed by atoms with van der Waals surface area (Å²) in [5, 5.41) is 103. The summed E-state index contributed by atoms with van der Waals surface area (Å²) in [6.07, 6.45) is -16.9. The van der Waals surface area contributed by atoms with Gasteiger partial charge in [-0.15, -0.1) is 0 Å². The van der Waals surface area contributed by atoms with Crippen LogP contribution < -0.4 is 14.9 Å². The van der Waals surface area contributed by atoms with Crippen LogP contribution in [0.3, 0.4) is 0 Å². The monoisotopic (exact) mass is 640 g/mol. The van der Waals surface area contributed by atoms with Crippen LogP contribution in [0.2, 0.25) is 0 Å². The number of phenolic OH excluding ortho intramolecular Hbond substituents is 4. The van der Waals surface area contributed by atoms with Gasteiger partial charge in [0.2, 0.25) is 23.2 Å². The number of rotatable bonds is 7. The molecule has 10 N–H and O–H groups in total. The van der Waals surface area contributed by atoms with Gasteiger partial charge >= 0.3 is 0 Å². The molecular formula is C28H32O17. The number of hydrogen-bond acceptors (Lipinski definition) is 17. The van der Waals surface area contributed by atoms with Crippen LogP contribution in [0, 0.1) is 0 Å². The Morgan fingerprint density at radius 2 is 1.53 bits per heavy atom. The van der Waals surface area contributed by atoms with E-state index in [1.54, 1.807) is 0 Å². The Balaban J connectivity index is 1.65. The number of aliphatic hydroxyl groups is 6. The van der Waals surface area contributed by atoms with Crippen molar-refractivity contribution in [3.8, 4) is 45.8 Å². The van der Waals surface area contributed by atoms with Gasteiger partial charge in [-0.05, 0) is 25.1 Å². The Kier molecular flexibility index (Phi) is 9.00. The Labute approximate surface area is 252 Å². The van der Waals surface area contributed by atoms with E-state index < -0.39 is 113 Å². The average molecular weight is 641 g/mol. The second-order valence-corrected chi connectivity index (χ2v) is 10.5. The fourth-order valence-electron chi connectivity index (χ4n) is 5.09. The molecule has 0 bridgehead atoms. The van der Waals surface area contributed by atoms with Crippen molar-refractivity contribution < 1.29 is 79.2 Å². The van der Waals surface area contributed by atoms with Crippen LogP contribution in [-0.2, 0) is 14.2 Å². The van der Waals surface area contributed by atoms with Crippen LogP contribution in [-0.4, -0.2) is 126 Å². The third-order valence-electron chi connectivity index (χ3n) is 7.67. The number of aliphatic hydroxyl groups excluding tert-OH is 6. The molecule has 3 heterocycles. The molecule has 17 heteroatoms. The minimum absolute atomic E-state index is 0.0598. The van der Waals surface area contributed by atoms with E-state index in [0.29, 0.717) is 0 Å². The van der Waals surface area contributed by atoms with E-state index in [0.717, 1.165) is 18.2 Å². The first-order valence-electron chi connectivity index (χ1n) is 13.5. The Bertz CT molecular complexity index is 1610. The zero-order chi connectivity index (χ0) is 32.9. The average Bonchev–Trinajstić information content (AvgIpc) is 3.02. The summed E-state index contributed by atoms with van der Waals surface area (Å²) < 4.78 is 33.5. The van der Waals surface area contributed by atoms with Crippen LogP contribution in [0.15, 0.2) is 33.5 Å². The molecule has 2 fully saturated rings. The standard InChI is InChI=1S/C28H32O17/c1-8-16(32)21(37)23(39)27(41-8)45-26-22(38)18(34)14(7-29)43-28(26)44-25-20(36)15-12(6-13(40-2)17(33)19(15)35)42-24(25)9-3-4-10(30)11(31)5-9/h3-6,8,14,16,18,21-23,26-35,37-39H,7H2,1-2H3/t8?,14?,16-,18+,21?,22-,23-,26?,27-,28-/m0/s1. The molecule has 2 aromatic carbocycles. The maximum absolute atomic E-state index is 13.9. The van der Waals surface area contributed by atoms with Gasteiger partial charge in [-0.3, -0.25) is 4.79 Å². The largest absolute Gasteiger partial charge is 0.504 e. The summed E-state index contributed by atoms with van der Waals surface area (Å²) in [7, 11) is 1.18. The van der Waals surface area contributed by atoms with Gasteiger partial charge in [-0.2, -0.15) is 0 Å². The maximum atomic E-state index is 13.9. The Hall–Kier alpha value is -3.91. The summed E-state index contributed by atoms with van der Waals surface area (Å²) in [5.41, 5.74) is -1.50. The van der Waals surface area contributed by atoms with E-state index in [1.807, 2.05) is 0 Å². The van der Waals surface area contributed by atoms with Gasteiger partial charge in [0, 0.05) is 11.6 Å². The lowest BCUT2D eigenvalue weighted by Crippen LogP contribution is -2.64. The van der Waals surface area contributed by atoms with Crippen molar-refractivity contribution in [2.75, 3.05) is 13.7 Å². The van der Waals surface area contributed by atoms with Gasteiger partial charge in [-0.25, -0.2) is 0 Å². The zero-order valence-electron chi connectivity index (χ0n) is 23.6. The lowest BCUT2D eigenvalue weighted by Gasteiger charge is -2.45. The molecule has 2 saturated heterocycles. The molecule has 2 aliphatic heterocycles. The topological polar surface area (TPSA) is 279 Å². The highest BCUT2D eigenvalue weighted by Gasteiger charge is 2.51. The second kappa shape index (κ2) is 12.5. The van der Waals surface area contributed by atoms with E-state index in [-0.39, 0.29) is 16.9 Å². The molecule has 0 spiro atoms. The summed E-state index contributed by atoms with van der Waals surface area (Å²) in [4.78, 5) is 13.9. The van der Waals surface area contributed by atoms with Crippen LogP contribution in [0.1, 0.15) is 6.92 Å². The summed E-state index contributed by atoms with van der Waals surface area (Å²) in [5.74, 6) is -4.38. The molecule has 4 unspecified atom stereocenters. The highest BCUT2D eigenvalue weighted by atomic mass is 16.8. The highest BCUT2D eigenvalue weighted by molar-refractivity contribution is 5.91. The van der Waals surface area contributed by atoms with Crippen molar-refractivity contribution in [2.24, 2.45) is 0 Å². The molecule has 10 atom stereocenters. The number of aromatic hydroxyl groups is 4. The Morgan fingerprint density at radius 3 is 2.18 bits per heavy atom. The number of benzene rings is 2. The molecule has 0 aliphatic carbocycles. The third kappa shape index (κ3) is 5.69. The second-order valence-electron chi connectivity index (χ2n) is 10.5. The van der Waals surface area contributed by atoms with Gasteiger partial charge in [0.25, 0.3) is 0 Å². The van der Waals surface area contributed by atoms with Crippen molar-refractivity contribution in [1.29, 1.82) is 0 Å². The van der Waals surface area contributed by atoms with E-state index in [9.17, 15) is 55.9 Å². The van der Waals surface area contributed by atoms with Crippen molar-refractivity contribution in [1.82, 2.24) is 0 Å². The van der Waals surface area contributed by atoms with Crippen molar-refractivity contribution in [2.45, 2.75) is 68.3 Å². The molecule has 45 heavy (non-hydrogen) atoms. The maximum Gasteiger partial charge on any atom is 0.239 e. The van der Waals surface area contributed by atoms with E-state index in [1.165, 1.54) is 20.1 Å². The smallest absolute Gasteiger partial charge is 0.239 e. The van der Waals surface area contributed by atoms with Gasteiger partial charge in [0.15, 0.2) is 41.2 Å². The number of fused-ring (bicyclic) bond motifs is 1. The lowest BCUT2D eigenvalue weighted by molar-refractivity contribution is -0.354. The first kappa shape index (κ1) is 32.5. The normalized spacial score (nSPS) is 32.0. The first-order valence-corrected chi connectivity index (χ1v) is 13.5. The third-order valence-corrected chi connectivity index (χ3v) is 7.67. The van der Waals surface area contributed by atoms with Gasteiger partial charge < -0.3 is 79.2 Å². The number of methoxy groups -OCH3 is 1. The van der Waals surface area contributed by atoms with Crippen LogP contribution in [0.25, 0.3) is 22.3 Å². The fourth-order valence-corrected chi connectivity index (χ4v) is 5.09. The zero-order valence-corrected chi connectivity index (χ0v) is 23.6. The molecule has 17 nitrogen and oxygen atoms in total. The fraction of sp³-hybridized carbons (Fsp3) is 0.464. The lowest BCUT2D eigenvalue weighted by atomic mass is 9.97. The summed E-state index contributed by atoms with van der Waals surface area (Å²) in [6.45, 7) is 0.514. The molecule has 3 aromatic rings. The highest BCUT2D eigenvalue weighted by Crippen LogP contribution is 2.44. The molecule has 0 amide bonds. The van der Waals surface area contributed by atoms with Crippen LogP contribution in [0.5, 0.6) is 34.5 Å². The molecule has 2 aliphatic rings. The molecule has 0 radical (unpaired) electrons. The van der Waals surface area contributed by atoms with Crippen molar-refractivity contribution >= 4 is 11.0 Å². The first-order chi connectivity index (χ1) is 21.3. The van der Waals surface area contributed by atoms with Crippen LogP contribution in [0.4, 0.5) is 0 Å². The number of phenols is 4. The molecular weight excluding hydrogens is 608 g/mol. The summed E-state index contributed by atoms with van der Waals surface area (Å²) in [6, 6.07) is 4.40. The molecule has 0 saturated carbocycles. The number of hydrogen-bond donors (Lipinski definition) is 10. The number of ether oxygens (including phenoxy) is 5. The minimum atomic E-state index is -1.94. The predicted octanol–water partition coefficient (Wildman–Crippen LogP) is -1.68. The summed E-state index contributed by atoms with van der Waals surface area (Å²) >= 11 is 0. The van der Waals surface area contributed by atoms with E-state index in [2.05, 4.69) is 0 Å². The van der Waals surface area contributed by atoms with Gasteiger partial charge in [0.05, 0.1) is 19.8 Å². The van der Waals surface area contributed by atoms with Crippen molar-refractivity contribution in [3.05, 3.63) is 34.5 Å². The SMILES string of the molecule is COc1cc2oc(-c3ccc(O)c(O)c3)c(O[C@@H]3OC(CO)[C@@H](O)[C@H](O)C3O[C@@H]3OC(C)[C@H](O)C(O)[C@@H]3O)c(=O)c2c(O)c1O. The molecule has 1 aromatic heterocycles. The Morgan fingerprint density at radius 1 is 0.822 bits per heavy atom. The predicted molar refractivity (Wildman–Crippen MR) is 147 cm³/mol. The minimum Gasteiger partial charge on any atom is -0.504 e. The van der Waals surface area contributed by atoms with E-state index in [4.69, 9.17) is 28.1 Å². The van der Waals surface area contributed by atoms with Gasteiger partial charge in [0.1, 0.15) is 47.6 Å². The van der Waals surface area contributed by atoms with Gasteiger partial charge in [-0.1, -0.05) is 0 Å². The van der Waals surface area contributed by atoms with Crippen molar-refractivity contribution in [3.63, 3.8) is 0 Å². The molecule has 246 valence electrons. The quantitative estimate of drug-likeness (QED) is 0.129. The van der Waals surface area contributed by atoms with E-state index >= 15 is 0 Å². The molecule has 5 rings (SSSR count). The van der Waals surface area contributed by atoms with Crippen LogP contribution >= 0.6 is 0 Å².